The van der Waals surface area contributed by atoms with E-state index in [0.717, 1.165) is 37.9 Å². The molecule has 3 rings (SSSR count). The van der Waals surface area contributed by atoms with Gasteiger partial charge in [-0.3, -0.25) is 0 Å². The van der Waals surface area contributed by atoms with Crippen LogP contribution < -0.4 is 10.2 Å². The number of hydrogen-bond donors (Lipinski definition) is 1. The van der Waals surface area contributed by atoms with Crippen molar-refractivity contribution >= 4 is 11.4 Å². The molecule has 1 N–H and O–H groups in total. The number of nitrogens with one attached hydrogen (secondary N) is 1. The average molecular weight is 252 g/mol. The van der Waals surface area contributed by atoms with Crippen LogP contribution in [0.25, 0.3) is 0 Å². The number of halogens is 2. The molecule has 98 valence electrons. The third kappa shape index (κ3) is 1.84. The highest BCUT2D eigenvalue weighted by molar-refractivity contribution is 5.73. The number of hydrogen-bond acceptors (Lipinski definition) is 2. The van der Waals surface area contributed by atoms with Gasteiger partial charge in [0.25, 0.3) is 0 Å². The molecule has 0 radical (unpaired) electrons. The van der Waals surface area contributed by atoms with Gasteiger partial charge in [0.15, 0.2) is 5.82 Å². The van der Waals surface area contributed by atoms with Crippen LogP contribution in [0.4, 0.5) is 20.2 Å². The summed E-state index contributed by atoms with van der Waals surface area (Å²) in [5.41, 5.74) is 1.15. The number of fused-ring (bicyclic) bond motifs is 3. The van der Waals surface area contributed by atoms with Crippen molar-refractivity contribution < 1.29 is 8.78 Å². The van der Waals surface area contributed by atoms with Crippen LogP contribution in [-0.2, 0) is 0 Å². The minimum Gasteiger partial charge on any atom is -0.379 e. The first-order chi connectivity index (χ1) is 8.69. The lowest BCUT2D eigenvalue weighted by Crippen LogP contribution is -2.49. The molecule has 2 atom stereocenters. The monoisotopic (exact) mass is 252 g/mol. The summed E-state index contributed by atoms with van der Waals surface area (Å²) in [5.74, 6) is -0.236. The molecule has 1 aromatic carbocycles. The minimum absolute atomic E-state index is 0.373. The Labute approximate surface area is 106 Å². The molecule has 0 amide bonds. The first kappa shape index (κ1) is 11.8. The largest absolute Gasteiger partial charge is 0.379 e. The van der Waals surface area contributed by atoms with Gasteiger partial charge in [-0.1, -0.05) is 13.3 Å². The van der Waals surface area contributed by atoms with Crippen molar-refractivity contribution in [3.05, 3.63) is 23.8 Å². The second-order valence-corrected chi connectivity index (χ2v) is 5.31. The van der Waals surface area contributed by atoms with E-state index >= 15 is 0 Å². The van der Waals surface area contributed by atoms with Crippen LogP contribution in [0, 0.1) is 17.6 Å². The Morgan fingerprint density at radius 1 is 1.39 bits per heavy atom. The van der Waals surface area contributed by atoms with E-state index in [-0.39, 0.29) is 0 Å². The molecule has 0 spiro atoms. The fraction of sp³-hybridized carbons (Fsp3) is 0.571. The van der Waals surface area contributed by atoms with Gasteiger partial charge in [-0.2, -0.15) is 0 Å². The van der Waals surface area contributed by atoms with E-state index < -0.39 is 11.6 Å². The summed E-state index contributed by atoms with van der Waals surface area (Å²) in [6.07, 6.45) is 3.42. The SMILES string of the molecule is CCC1CCN2c3cc(F)cc(F)c3NCC2C1. The van der Waals surface area contributed by atoms with Crippen molar-refractivity contribution in [3.8, 4) is 0 Å². The van der Waals surface area contributed by atoms with Crippen LogP contribution in [0.1, 0.15) is 26.2 Å². The van der Waals surface area contributed by atoms with E-state index in [9.17, 15) is 8.78 Å². The van der Waals surface area contributed by atoms with E-state index in [1.165, 1.54) is 12.5 Å². The predicted molar refractivity (Wildman–Crippen MR) is 69.0 cm³/mol. The van der Waals surface area contributed by atoms with Crippen molar-refractivity contribution in [1.29, 1.82) is 0 Å². The molecular weight excluding hydrogens is 234 g/mol. The maximum atomic E-state index is 13.7. The summed E-state index contributed by atoms with van der Waals surface area (Å²) in [7, 11) is 0. The first-order valence-corrected chi connectivity index (χ1v) is 6.68. The Balaban J connectivity index is 1.94. The van der Waals surface area contributed by atoms with Gasteiger partial charge in [-0.05, 0) is 24.8 Å². The van der Waals surface area contributed by atoms with Crippen LogP contribution in [0.2, 0.25) is 0 Å². The van der Waals surface area contributed by atoms with E-state index in [4.69, 9.17) is 0 Å². The zero-order valence-electron chi connectivity index (χ0n) is 10.5. The van der Waals surface area contributed by atoms with E-state index in [1.54, 1.807) is 0 Å². The van der Waals surface area contributed by atoms with Gasteiger partial charge in [0.2, 0.25) is 0 Å². The molecule has 1 saturated heterocycles. The second-order valence-electron chi connectivity index (χ2n) is 5.31. The van der Waals surface area contributed by atoms with Crippen LogP contribution >= 0.6 is 0 Å². The number of benzene rings is 1. The summed E-state index contributed by atoms with van der Waals surface area (Å²) in [5, 5.41) is 3.12. The summed E-state index contributed by atoms with van der Waals surface area (Å²) >= 11 is 0. The first-order valence-electron chi connectivity index (χ1n) is 6.68. The van der Waals surface area contributed by atoms with Crippen molar-refractivity contribution in [2.75, 3.05) is 23.3 Å². The maximum absolute atomic E-state index is 13.7. The highest BCUT2D eigenvalue weighted by Crippen LogP contribution is 2.39. The molecule has 1 fully saturated rings. The summed E-state index contributed by atoms with van der Waals surface area (Å²) in [6.45, 7) is 3.87. The Kier molecular flexibility index (Phi) is 2.88. The molecule has 1 aromatic rings. The normalized spacial score (nSPS) is 26.3. The van der Waals surface area contributed by atoms with Gasteiger partial charge < -0.3 is 10.2 Å². The summed E-state index contributed by atoms with van der Waals surface area (Å²) < 4.78 is 27.1. The second kappa shape index (κ2) is 4.41. The molecule has 0 saturated carbocycles. The van der Waals surface area contributed by atoms with Crippen LogP contribution in [0.15, 0.2) is 12.1 Å². The summed E-state index contributed by atoms with van der Waals surface area (Å²) in [6, 6.07) is 2.77. The lowest BCUT2D eigenvalue weighted by atomic mass is 9.87. The van der Waals surface area contributed by atoms with E-state index in [2.05, 4.69) is 17.1 Å². The smallest absolute Gasteiger partial charge is 0.151 e. The Bertz CT molecular complexity index is 461. The molecule has 2 aliphatic rings. The Morgan fingerprint density at radius 2 is 2.22 bits per heavy atom. The lowest BCUT2D eigenvalue weighted by molar-refractivity contribution is 0.335. The van der Waals surface area contributed by atoms with Gasteiger partial charge >= 0.3 is 0 Å². The van der Waals surface area contributed by atoms with Crippen LogP contribution in [-0.4, -0.2) is 19.1 Å². The Hall–Kier alpha value is -1.32. The topological polar surface area (TPSA) is 15.3 Å². The summed E-state index contributed by atoms with van der Waals surface area (Å²) in [4.78, 5) is 2.17. The molecule has 0 aliphatic carbocycles. The van der Waals surface area contributed by atoms with Crippen molar-refractivity contribution in [2.24, 2.45) is 5.92 Å². The number of piperidine rings is 1. The third-order valence-electron chi connectivity index (χ3n) is 4.26. The molecule has 2 nitrogen and oxygen atoms in total. The van der Waals surface area contributed by atoms with Crippen molar-refractivity contribution in [2.45, 2.75) is 32.2 Å². The maximum Gasteiger partial charge on any atom is 0.151 e. The van der Waals surface area contributed by atoms with Gasteiger partial charge in [0, 0.05) is 25.2 Å². The van der Waals surface area contributed by atoms with Gasteiger partial charge in [0.05, 0.1) is 11.4 Å². The highest BCUT2D eigenvalue weighted by atomic mass is 19.1. The van der Waals surface area contributed by atoms with Gasteiger partial charge in [0.1, 0.15) is 5.82 Å². The minimum atomic E-state index is -0.494. The lowest BCUT2D eigenvalue weighted by Gasteiger charge is -2.45. The molecule has 2 unspecified atom stereocenters. The van der Waals surface area contributed by atoms with Crippen molar-refractivity contribution in [3.63, 3.8) is 0 Å². The molecule has 4 heteroatoms. The number of anilines is 2. The fourth-order valence-electron chi connectivity index (χ4n) is 3.20. The average Bonchev–Trinajstić information content (AvgIpc) is 2.37. The molecule has 2 aliphatic heterocycles. The third-order valence-corrected chi connectivity index (χ3v) is 4.26. The number of nitrogens with zero attached hydrogens (tertiary/aromatic N) is 1. The molecular formula is C14H18F2N2. The standard InChI is InChI=1S/C14H18F2N2/c1-2-9-3-4-18-11(5-9)8-17-14-12(16)6-10(15)7-13(14)18/h6-7,9,11,17H,2-5,8H2,1H3. The molecule has 0 aromatic heterocycles. The molecule has 18 heavy (non-hydrogen) atoms. The zero-order chi connectivity index (χ0) is 12.7. The van der Waals surface area contributed by atoms with Gasteiger partial charge in [-0.25, -0.2) is 8.78 Å². The highest BCUT2D eigenvalue weighted by Gasteiger charge is 2.33. The zero-order valence-corrected chi connectivity index (χ0v) is 10.5. The fourth-order valence-corrected chi connectivity index (χ4v) is 3.20. The predicted octanol–water partition coefficient (Wildman–Crippen LogP) is 3.39. The van der Waals surface area contributed by atoms with Crippen LogP contribution in [0.5, 0.6) is 0 Å². The quantitative estimate of drug-likeness (QED) is 0.824. The Morgan fingerprint density at radius 3 is 3.00 bits per heavy atom. The molecule has 0 bridgehead atoms. The van der Waals surface area contributed by atoms with E-state index in [0.29, 0.717) is 17.4 Å². The molecule has 2 heterocycles. The van der Waals surface area contributed by atoms with E-state index in [1.807, 2.05) is 0 Å². The van der Waals surface area contributed by atoms with Crippen LogP contribution in [0.3, 0.4) is 0 Å². The van der Waals surface area contributed by atoms with Crippen molar-refractivity contribution in [1.82, 2.24) is 0 Å². The van der Waals surface area contributed by atoms with Gasteiger partial charge in [-0.15, -0.1) is 0 Å². The number of rotatable bonds is 1.